The summed E-state index contributed by atoms with van der Waals surface area (Å²) < 4.78 is 0. The summed E-state index contributed by atoms with van der Waals surface area (Å²) in [6, 6.07) is 5.37. The molecule has 1 aromatic rings. The van der Waals surface area contributed by atoms with Gasteiger partial charge in [0.1, 0.15) is 5.75 Å². The van der Waals surface area contributed by atoms with Gasteiger partial charge in [0.2, 0.25) is 0 Å². The Morgan fingerprint density at radius 3 is 2.67 bits per heavy atom. The predicted molar refractivity (Wildman–Crippen MR) is 52.5 cm³/mol. The summed E-state index contributed by atoms with van der Waals surface area (Å²) in [5.74, 6) is 0.280. The highest BCUT2D eigenvalue weighted by Gasteiger charge is 2.05. The molecule has 3 N–H and O–H groups in total. The maximum absolute atomic E-state index is 9.41. The third kappa shape index (κ3) is 1.93. The molecule has 0 aliphatic heterocycles. The lowest BCUT2D eigenvalue weighted by Gasteiger charge is -2.09. The molecule has 0 aliphatic rings. The molecular formula is C9H13NOS. The fourth-order valence-electron chi connectivity index (χ4n) is 1.02. The minimum absolute atomic E-state index is 0.114. The van der Waals surface area contributed by atoms with Crippen molar-refractivity contribution in [2.24, 2.45) is 5.73 Å². The minimum Gasteiger partial charge on any atom is -0.508 e. The van der Waals surface area contributed by atoms with Gasteiger partial charge in [-0.05, 0) is 31.4 Å². The van der Waals surface area contributed by atoms with E-state index in [-0.39, 0.29) is 11.8 Å². The van der Waals surface area contributed by atoms with Gasteiger partial charge < -0.3 is 10.8 Å². The molecule has 1 unspecified atom stereocenters. The van der Waals surface area contributed by atoms with Gasteiger partial charge in [0.15, 0.2) is 0 Å². The van der Waals surface area contributed by atoms with Gasteiger partial charge in [-0.25, -0.2) is 0 Å². The molecule has 0 amide bonds. The van der Waals surface area contributed by atoms with Crippen molar-refractivity contribution in [1.29, 1.82) is 0 Å². The number of rotatable bonds is 2. The lowest BCUT2D eigenvalue weighted by atomic mass is 10.1. The topological polar surface area (TPSA) is 46.2 Å². The second-order valence-corrected chi connectivity index (χ2v) is 3.59. The molecule has 0 spiro atoms. The molecule has 1 aromatic carbocycles. The maximum atomic E-state index is 9.41. The molecule has 0 heterocycles. The van der Waals surface area contributed by atoms with Crippen LogP contribution in [0.2, 0.25) is 0 Å². The van der Waals surface area contributed by atoms with Crippen LogP contribution in [0.3, 0.4) is 0 Å². The number of hydrogen-bond acceptors (Lipinski definition) is 3. The summed E-state index contributed by atoms with van der Waals surface area (Å²) in [4.78, 5) is 1.13. The summed E-state index contributed by atoms with van der Waals surface area (Å²) in [6.45, 7) is 1.86. The third-order valence-corrected chi connectivity index (χ3v) is 2.45. The highest BCUT2D eigenvalue weighted by atomic mass is 32.2. The summed E-state index contributed by atoms with van der Waals surface area (Å²) in [5, 5.41) is 9.41. The van der Waals surface area contributed by atoms with Crippen LogP contribution in [0.5, 0.6) is 5.75 Å². The normalized spacial score (nSPS) is 12.9. The monoisotopic (exact) mass is 183 g/mol. The molecule has 66 valence electrons. The van der Waals surface area contributed by atoms with Crippen LogP contribution in [0.4, 0.5) is 0 Å². The van der Waals surface area contributed by atoms with Crippen molar-refractivity contribution in [3.8, 4) is 5.75 Å². The third-order valence-electron chi connectivity index (χ3n) is 1.73. The Morgan fingerprint density at radius 1 is 1.50 bits per heavy atom. The lowest BCUT2D eigenvalue weighted by Crippen LogP contribution is -2.05. The second-order valence-electron chi connectivity index (χ2n) is 2.71. The molecule has 1 atom stereocenters. The van der Waals surface area contributed by atoms with Gasteiger partial charge in [-0.2, -0.15) is 0 Å². The predicted octanol–water partition coefficient (Wildman–Crippen LogP) is 2.13. The largest absolute Gasteiger partial charge is 0.508 e. The highest BCUT2D eigenvalue weighted by molar-refractivity contribution is 7.98. The van der Waals surface area contributed by atoms with Crippen LogP contribution < -0.4 is 5.73 Å². The first kappa shape index (κ1) is 9.42. The standard InChI is InChI=1S/C9H13NOS/c1-6(10)8-5-7(12-2)3-4-9(8)11/h3-6,11H,10H2,1-2H3. The number of benzene rings is 1. The van der Waals surface area contributed by atoms with Gasteiger partial charge in [-0.1, -0.05) is 0 Å². The zero-order valence-corrected chi connectivity index (χ0v) is 8.06. The summed E-state index contributed by atoms with van der Waals surface area (Å²) >= 11 is 1.64. The van der Waals surface area contributed by atoms with Crippen LogP contribution in [0.1, 0.15) is 18.5 Å². The summed E-state index contributed by atoms with van der Waals surface area (Å²) in [6.07, 6.45) is 2.00. The van der Waals surface area contributed by atoms with Crippen molar-refractivity contribution >= 4 is 11.8 Å². The Balaban J connectivity index is 3.08. The van der Waals surface area contributed by atoms with Crippen molar-refractivity contribution < 1.29 is 5.11 Å². The van der Waals surface area contributed by atoms with E-state index in [0.717, 1.165) is 10.5 Å². The second kappa shape index (κ2) is 3.83. The quantitative estimate of drug-likeness (QED) is 0.690. The van der Waals surface area contributed by atoms with Gasteiger partial charge in [0.25, 0.3) is 0 Å². The minimum atomic E-state index is -0.114. The summed E-state index contributed by atoms with van der Waals surface area (Å²) in [5.41, 5.74) is 6.48. The highest BCUT2D eigenvalue weighted by Crippen LogP contribution is 2.27. The fraction of sp³-hybridized carbons (Fsp3) is 0.333. The van der Waals surface area contributed by atoms with Crippen LogP contribution in [-0.2, 0) is 0 Å². The molecule has 0 bridgehead atoms. The molecule has 3 heteroatoms. The smallest absolute Gasteiger partial charge is 0.120 e. The van der Waals surface area contributed by atoms with Crippen molar-refractivity contribution in [3.63, 3.8) is 0 Å². The average molecular weight is 183 g/mol. The van der Waals surface area contributed by atoms with Gasteiger partial charge in [0, 0.05) is 16.5 Å². The Bertz CT molecular complexity index is 273. The summed E-state index contributed by atoms with van der Waals surface area (Å²) in [7, 11) is 0. The molecule has 0 saturated carbocycles. The van der Waals surface area contributed by atoms with E-state index in [9.17, 15) is 5.11 Å². The molecule has 0 radical (unpaired) electrons. The van der Waals surface area contributed by atoms with E-state index in [4.69, 9.17) is 5.73 Å². The number of aromatic hydroxyl groups is 1. The lowest BCUT2D eigenvalue weighted by molar-refractivity contribution is 0.463. The maximum Gasteiger partial charge on any atom is 0.120 e. The van der Waals surface area contributed by atoms with Crippen LogP contribution in [0.15, 0.2) is 23.1 Å². The van der Waals surface area contributed by atoms with E-state index in [1.165, 1.54) is 0 Å². The zero-order valence-electron chi connectivity index (χ0n) is 7.24. The SMILES string of the molecule is CSc1ccc(O)c(C(C)N)c1. The first-order chi connectivity index (χ1) is 5.65. The van der Waals surface area contributed by atoms with E-state index in [0.29, 0.717) is 0 Å². The van der Waals surface area contributed by atoms with Gasteiger partial charge in [0.05, 0.1) is 0 Å². The molecule has 0 fully saturated rings. The Labute approximate surface area is 76.8 Å². The molecule has 0 saturated heterocycles. The Kier molecular flexibility index (Phi) is 3.00. The van der Waals surface area contributed by atoms with Crippen LogP contribution in [0, 0.1) is 0 Å². The van der Waals surface area contributed by atoms with Gasteiger partial charge in [-0.3, -0.25) is 0 Å². The van der Waals surface area contributed by atoms with Crippen molar-refractivity contribution in [2.75, 3.05) is 6.26 Å². The molecule has 2 nitrogen and oxygen atoms in total. The van der Waals surface area contributed by atoms with Crippen LogP contribution >= 0.6 is 11.8 Å². The Hall–Kier alpha value is -0.670. The first-order valence-electron chi connectivity index (χ1n) is 3.77. The number of hydrogen-bond donors (Lipinski definition) is 2. The number of phenolic OH excluding ortho intramolecular Hbond substituents is 1. The molecular weight excluding hydrogens is 170 g/mol. The first-order valence-corrected chi connectivity index (χ1v) is 5.00. The number of thioether (sulfide) groups is 1. The molecule has 0 aliphatic carbocycles. The van der Waals surface area contributed by atoms with E-state index < -0.39 is 0 Å². The van der Waals surface area contributed by atoms with Gasteiger partial charge >= 0.3 is 0 Å². The zero-order chi connectivity index (χ0) is 9.14. The molecule has 1 rings (SSSR count). The van der Waals surface area contributed by atoms with E-state index in [2.05, 4.69) is 0 Å². The Morgan fingerprint density at radius 2 is 2.17 bits per heavy atom. The number of phenols is 1. The fourth-order valence-corrected chi connectivity index (χ4v) is 1.47. The van der Waals surface area contributed by atoms with E-state index in [1.54, 1.807) is 17.8 Å². The number of nitrogens with two attached hydrogens (primary N) is 1. The van der Waals surface area contributed by atoms with Crippen LogP contribution in [-0.4, -0.2) is 11.4 Å². The molecule has 0 aromatic heterocycles. The van der Waals surface area contributed by atoms with E-state index >= 15 is 0 Å². The van der Waals surface area contributed by atoms with Crippen molar-refractivity contribution in [1.82, 2.24) is 0 Å². The average Bonchev–Trinajstić information content (AvgIpc) is 2.05. The van der Waals surface area contributed by atoms with Gasteiger partial charge in [-0.15, -0.1) is 11.8 Å². The van der Waals surface area contributed by atoms with Crippen LogP contribution in [0.25, 0.3) is 0 Å². The van der Waals surface area contributed by atoms with E-state index in [1.807, 2.05) is 25.3 Å². The molecule has 12 heavy (non-hydrogen) atoms. The van der Waals surface area contributed by atoms with Crippen molar-refractivity contribution in [3.05, 3.63) is 23.8 Å². The van der Waals surface area contributed by atoms with Crippen molar-refractivity contribution in [2.45, 2.75) is 17.9 Å².